The predicted octanol–water partition coefficient (Wildman–Crippen LogP) is 14.3. The number of rotatable bonds is 5. The van der Waals surface area contributed by atoms with E-state index in [1.54, 1.807) is 12.2 Å². The van der Waals surface area contributed by atoms with Crippen LogP contribution in [0.2, 0.25) is 0 Å². The van der Waals surface area contributed by atoms with Crippen molar-refractivity contribution in [3.63, 3.8) is 0 Å². The first-order valence-electron chi connectivity index (χ1n) is 25.4. The zero-order chi connectivity index (χ0) is 51.0. The van der Waals surface area contributed by atoms with Crippen molar-refractivity contribution in [1.82, 2.24) is 29.9 Å². The lowest BCUT2D eigenvalue weighted by atomic mass is 9.93. The van der Waals surface area contributed by atoms with Gasteiger partial charge in [-0.1, -0.05) is 133 Å². The van der Waals surface area contributed by atoms with Crippen molar-refractivity contribution in [3.05, 3.63) is 292 Å². The van der Waals surface area contributed by atoms with E-state index in [1.807, 2.05) is 36.4 Å². The minimum absolute atomic E-state index is 0.0460. The van der Waals surface area contributed by atoms with Gasteiger partial charge in [0.25, 0.3) is 0 Å². The van der Waals surface area contributed by atoms with Crippen LogP contribution in [0.25, 0.3) is 79.3 Å². The van der Waals surface area contributed by atoms with Crippen molar-refractivity contribution in [1.29, 1.82) is 0 Å². The monoisotopic (exact) mass is 978 g/mol. The van der Waals surface area contributed by atoms with Crippen molar-refractivity contribution >= 4 is 68.2 Å². The number of aromatic amines is 2. The van der Waals surface area contributed by atoms with Crippen LogP contribution < -0.4 is 0 Å². The summed E-state index contributed by atoms with van der Waals surface area (Å²) >= 11 is 0. The number of H-pyrrole nitrogens is 2. The Balaban J connectivity index is 1.17. The number of hydrogen-bond acceptors (Lipinski definition) is 6. The molecular weight excluding hydrogens is 933 g/mol. The predicted molar refractivity (Wildman–Crippen MR) is 304 cm³/mol. The second-order valence-corrected chi connectivity index (χ2v) is 19.5. The van der Waals surface area contributed by atoms with Gasteiger partial charge in [0.2, 0.25) is 0 Å². The summed E-state index contributed by atoms with van der Waals surface area (Å²) in [7, 11) is 0. The number of benzene rings is 6. The fourth-order valence-electron chi connectivity index (χ4n) is 11.1. The van der Waals surface area contributed by atoms with Gasteiger partial charge in [-0.2, -0.15) is 0 Å². The molecule has 4 N–H and O–H groups in total. The highest BCUT2D eigenvalue weighted by Crippen LogP contribution is 2.46. The average molecular weight is 979 g/mol. The third-order valence-corrected chi connectivity index (χ3v) is 14.9. The van der Waals surface area contributed by atoms with E-state index in [4.69, 9.17) is 19.9 Å². The first-order valence-corrected chi connectivity index (χ1v) is 25.4. The molecule has 0 fully saturated rings. The van der Waals surface area contributed by atoms with Gasteiger partial charge in [-0.3, -0.25) is 0 Å². The molecule has 0 atom stereocenters. The van der Waals surface area contributed by atoms with E-state index in [9.17, 15) is 10.2 Å². The molecule has 17 heterocycles. The fraction of sp³-hybridized carbons (Fsp3) is 0.0294. The Hall–Kier alpha value is -10.2. The summed E-state index contributed by atoms with van der Waals surface area (Å²) in [5, 5.41) is 38.3. The van der Waals surface area contributed by atoms with E-state index in [2.05, 4.69) is 181 Å². The normalized spacial score (nSPS) is 12.2. The van der Waals surface area contributed by atoms with Crippen molar-refractivity contribution in [3.8, 4) is 22.6 Å². The summed E-state index contributed by atoms with van der Waals surface area (Å²) in [6.07, 6.45) is 12.3. The maximum atomic E-state index is 12.3. The lowest BCUT2D eigenvalue weighted by molar-refractivity contribution is 0.447. The second-order valence-electron chi connectivity index (χ2n) is 19.5. The molecule has 12 aliphatic rings. The largest absolute Gasteiger partial charge is 0.507 e. The van der Waals surface area contributed by atoms with Crippen molar-refractivity contribution in [2.75, 3.05) is 0 Å². The molecule has 0 spiro atoms. The minimum Gasteiger partial charge on any atom is -0.507 e. The number of allylic oxidation sites excluding steroid dienone is 2. The van der Waals surface area contributed by atoms with Crippen LogP contribution in [0.15, 0.2) is 195 Å². The van der Waals surface area contributed by atoms with E-state index in [0.717, 1.165) is 113 Å². The number of hydrogen-bond donors (Lipinski definition) is 4. The molecule has 5 aromatic heterocycles. The molecule has 0 aliphatic carbocycles. The number of aromatic nitrogens is 6. The Morgan fingerprint density at radius 2 is 0.816 bits per heavy atom. The van der Waals surface area contributed by atoms with Crippen LogP contribution in [0.4, 0.5) is 0 Å². The topological polar surface area (TPSA) is 124 Å². The van der Waals surface area contributed by atoms with Gasteiger partial charge in [0.1, 0.15) is 11.5 Å². The maximum Gasteiger partial charge on any atom is 0.130 e. The minimum atomic E-state index is -0.0460. The highest BCUT2D eigenvalue weighted by Gasteiger charge is 2.23. The average Bonchev–Trinajstić information content (AvgIpc) is 4.33. The molecule has 76 heavy (non-hydrogen) atoms. The SMILES string of the molecule is C=CCc1cc(CC=C)c(O)c(-c2c3nc(c4c5ccc(cc6nc(c(c7ccc2[nH]7)=c2ccc(cc2)=c2ccc(cc2)=c2ccc7ccc8ccc(nc8c7n2)=c2ccc(cc2)=c2ccc=4cc2)C=C6)[nH]5)C=C3)c1O. The summed E-state index contributed by atoms with van der Waals surface area (Å²) in [5.41, 5.74) is 9.82. The van der Waals surface area contributed by atoms with Crippen LogP contribution in [0.5, 0.6) is 11.5 Å². The molecule has 0 amide bonds. The Bertz CT molecular complexity index is 4970. The first kappa shape index (κ1) is 44.5. The van der Waals surface area contributed by atoms with Crippen molar-refractivity contribution < 1.29 is 10.2 Å². The third-order valence-electron chi connectivity index (χ3n) is 14.9. The van der Waals surface area contributed by atoms with Crippen LogP contribution in [0.3, 0.4) is 0 Å². The highest BCUT2D eigenvalue weighted by atomic mass is 16.3. The lowest BCUT2D eigenvalue weighted by Crippen LogP contribution is -1.96. The zero-order valence-corrected chi connectivity index (χ0v) is 41.1. The maximum absolute atomic E-state index is 12.3. The number of phenolic OH excluding ortho intramolecular Hbond substituents is 2. The van der Waals surface area contributed by atoms with E-state index >= 15 is 0 Å². The molecule has 0 unspecified atom stereocenters. The highest BCUT2D eigenvalue weighted by molar-refractivity contribution is 6.02. The summed E-state index contributed by atoms with van der Waals surface area (Å²) in [5.74, 6) is -0.0920. The lowest BCUT2D eigenvalue weighted by Gasteiger charge is -2.16. The van der Waals surface area contributed by atoms with Gasteiger partial charge in [-0.25, -0.2) is 19.9 Å². The number of phenols is 2. The summed E-state index contributed by atoms with van der Waals surface area (Å²) in [6.45, 7) is 7.98. The molecule has 8 nitrogen and oxygen atoms in total. The molecule has 22 bridgehead atoms. The summed E-state index contributed by atoms with van der Waals surface area (Å²) in [6, 6.07) is 59.0. The van der Waals surface area contributed by atoms with E-state index < -0.39 is 0 Å². The van der Waals surface area contributed by atoms with Crippen LogP contribution in [-0.4, -0.2) is 40.1 Å². The van der Waals surface area contributed by atoms with Crippen LogP contribution in [0, 0.1) is 62.9 Å². The number of pyridine rings is 2. The molecule has 0 radical (unpaired) electrons. The Labute approximate surface area is 433 Å². The Morgan fingerprint density at radius 1 is 0.382 bits per heavy atom. The molecule has 11 aromatic rings. The standard InChI is InChI=1S/C68H46N6O2/c1-3-5-49-37-50(6-4-2)68(76)64(67(49)75)63-59-35-33-57(71-59)61-45-19-11-41(12-20-45)39-7-15-43(16-8-39)53-29-25-47-23-24-48-26-30-54(74-66(48)65(47)73-53)44-17-9-40(10-18-44)42-13-21-46(22-14-42)62(58-34-36-60(63)72-58)56-32-28-52(70-56)38-51-27-31-55(61)69-51/h3-4,7-38,69,72,75-76H,1-2,5-6H2. The third kappa shape index (κ3) is 7.54. The van der Waals surface area contributed by atoms with Gasteiger partial charge in [-0.15, -0.1) is 13.2 Å². The van der Waals surface area contributed by atoms with Gasteiger partial charge in [-0.05, 0) is 128 Å². The van der Waals surface area contributed by atoms with Crippen molar-refractivity contribution in [2.24, 2.45) is 0 Å². The number of nitrogens with one attached hydrogen (secondary N) is 2. The quantitative estimate of drug-likeness (QED) is 0.101. The second kappa shape index (κ2) is 17.8. The van der Waals surface area contributed by atoms with Gasteiger partial charge in [0, 0.05) is 59.3 Å². The number of aromatic hydroxyl groups is 2. The van der Waals surface area contributed by atoms with Crippen LogP contribution in [0.1, 0.15) is 33.9 Å². The van der Waals surface area contributed by atoms with Gasteiger partial charge < -0.3 is 20.2 Å². The fourth-order valence-corrected chi connectivity index (χ4v) is 11.1. The zero-order valence-electron chi connectivity index (χ0n) is 41.1. The molecule has 0 saturated heterocycles. The summed E-state index contributed by atoms with van der Waals surface area (Å²) < 4.78 is 0. The van der Waals surface area contributed by atoms with E-state index in [-0.39, 0.29) is 17.1 Å². The smallest absolute Gasteiger partial charge is 0.130 e. The van der Waals surface area contributed by atoms with Gasteiger partial charge >= 0.3 is 0 Å². The molecule has 8 heteroatoms. The molecular formula is C68H46N6O2. The molecule has 360 valence electrons. The van der Waals surface area contributed by atoms with Crippen LogP contribution >= 0.6 is 0 Å². The molecule has 12 aliphatic heterocycles. The van der Waals surface area contributed by atoms with Crippen LogP contribution in [-0.2, 0) is 12.8 Å². The number of nitrogens with zero attached hydrogens (tertiary/aromatic N) is 4. The van der Waals surface area contributed by atoms with Crippen molar-refractivity contribution in [2.45, 2.75) is 12.8 Å². The van der Waals surface area contributed by atoms with Gasteiger partial charge in [0.15, 0.2) is 0 Å². The molecule has 6 aromatic carbocycles. The Kier molecular flexibility index (Phi) is 10.4. The molecule has 23 rings (SSSR count). The van der Waals surface area contributed by atoms with E-state index in [1.165, 1.54) is 0 Å². The summed E-state index contributed by atoms with van der Waals surface area (Å²) in [4.78, 5) is 28.6. The van der Waals surface area contributed by atoms with Gasteiger partial charge in [0.05, 0.1) is 50.1 Å². The Morgan fingerprint density at radius 3 is 1.36 bits per heavy atom. The first-order chi connectivity index (χ1) is 37.3. The molecule has 0 saturated carbocycles. The van der Waals surface area contributed by atoms with E-state index in [0.29, 0.717) is 46.4 Å².